The molecule has 0 fully saturated rings. The Morgan fingerprint density at radius 2 is 2.00 bits per heavy atom. The van der Waals surface area contributed by atoms with Gasteiger partial charge in [0.1, 0.15) is 0 Å². The number of nitrogens with one attached hydrogen (secondary N) is 1. The summed E-state index contributed by atoms with van der Waals surface area (Å²) in [5, 5.41) is 20.9. The topological polar surface area (TPSA) is 90.2 Å². The summed E-state index contributed by atoms with van der Waals surface area (Å²) in [4.78, 5) is 23.7. The van der Waals surface area contributed by atoms with Gasteiger partial charge in [-0.1, -0.05) is 37.3 Å². The summed E-state index contributed by atoms with van der Waals surface area (Å²) in [6.45, 7) is 3.41. The molecule has 1 aromatic rings. The Labute approximate surface area is 124 Å². The van der Waals surface area contributed by atoms with E-state index in [1.807, 2.05) is 13.0 Å². The summed E-state index contributed by atoms with van der Waals surface area (Å²) in [6, 6.07) is 10.5. The van der Waals surface area contributed by atoms with Gasteiger partial charge in [0.2, 0.25) is 5.91 Å². The third-order valence-corrected chi connectivity index (χ3v) is 3.59. The number of nitrogens with zero attached hydrogens (tertiary/aromatic N) is 1. The van der Waals surface area contributed by atoms with E-state index in [4.69, 9.17) is 5.26 Å². The number of benzene rings is 1. The molecule has 2 unspecified atom stereocenters. The Bertz CT molecular complexity index is 536. The molecule has 0 heterocycles. The molecule has 0 saturated carbocycles. The van der Waals surface area contributed by atoms with Crippen LogP contribution in [0, 0.1) is 11.3 Å². The second kappa shape index (κ2) is 7.44. The number of hydrogen-bond donors (Lipinski definition) is 2. The van der Waals surface area contributed by atoms with Crippen LogP contribution in [-0.2, 0) is 15.0 Å². The number of amides is 1. The zero-order chi connectivity index (χ0) is 15.9. The van der Waals surface area contributed by atoms with Crippen molar-refractivity contribution in [3.05, 3.63) is 35.9 Å². The van der Waals surface area contributed by atoms with Gasteiger partial charge in [0, 0.05) is 12.5 Å². The summed E-state index contributed by atoms with van der Waals surface area (Å²) in [5.74, 6) is -1.40. The van der Waals surface area contributed by atoms with Crippen LogP contribution in [0.2, 0.25) is 0 Å². The summed E-state index contributed by atoms with van der Waals surface area (Å²) < 4.78 is 0. The molecular weight excluding hydrogens is 268 g/mol. The molecule has 0 aliphatic rings. The van der Waals surface area contributed by atoms with Crippen molar-refractivity contribution in [2.45, 2.75) is 44.6 Å². The van der Waals surface area contributed by atoms with Crippen LogP contribution in [0.4, 0.5) is 0 Å². The minimum Gasteiger partial charge on any atom is -0.481 e. The van der Waals surface area contributed by atoms with Crippen LogP contribution in [0.15, 0.2) is 30.3 Å². The van der Waals surface area contributed by atoms with Gasteiger partial charge < -0.3 is 10.4 Å². The fraction of sp³-hybridized carbons (Fsp3) is 0.438. The lowest BCUT2D eigenvalue weighted by molar-refractivity contribution is -0.145. The van der Waals surface area contributed by atoms with Crippen molar-refractivity contribution in [1.82, 2.24) is 5.32 Å². The monoisotopic (exact) mass is 288 g/mol. The van der Waals surface area contributed by atoms with Crippen molar-refractivity contribution in [1.29, 1.82) is 5.26 Å². The van der Waals surface area contributed by atoms with E-state index < -0.39 is 11.4 Å². The maximum absolute atomic E-state index is 12.1. The molecule has 0 saturated heterocycles. The predicted molar refractivity (Wildman–Crippen MR) is 78.5 cm³/mol. The molecule has 1 aromatic carbocycles. The first kappa shape index (κ1) is 16.7. The molecule has 1 amide bonds. The number of nitriles is 1. The lowest BCUT2D eigenvalue weighted by Gasteiger charge is -2.25. The maximum Gasteiger partial charge on any atom is 0.314 e. The van der Waals surface area contributed by atoms with Crippen molar-refractivity contribution in [2.24, 2.45) is 0 Å². The average molecular weight is 288 g/mol. The number of hydrogen-bond acceptors (Lipinski definition) is 3. The highest BCUT2D eigenvalue weighted by atomic mass is 16.4. The summed E-state index contributed by atoms with van der Waals surface area (Å²) >= 11 is 0. The van der Waals surface area contributed by atoms with E-state index in [-0.39, 0.29) is 24.8 Å². The normalized spacial score (nSPS) is 14.5. The molecule has 112 valence electrons. The van der Waals surface area contributed by atoms with E-state index in [9.17, 15) is 14.7 Å². The summed E-state index contributed by atoms with van der Waals surface area (Å²) in [6.07, 6.45) is 0.695. The van der Waals surface area contributed by atoms with E-state index in [0.29, 0.717) is 12.0 Å². The van der Waals surface area contributed by atoms with E-state index in [2.05, 4.69) is 5.32 Å². The Morgan fingerprint density at radius 3 is 2.48 bits per heavy atom. The lowest BCUT2D eigenvalue weighted by atomic mass is 9.79. The number of aliphatic carboxylic acids is 1. The second-order valence-corrected chi connectivity index (χ2v) is 5.21. The number of rotatable bonds is 7. The minimum absolute atomic E-state index is 0.158. The van der Waals surface area contributed by atoms with Crippen molar-refractivity contribution >= 4 is 11.9 Å². The highest BCUT2D eigenvalue weighted by Gasteiger charge is 2.37. The predicted octanol–water partition coefficient (Wildman–Crippen LogP) is 2.23. The molecule has 0 bridgehead atoms. The van der Waals surface area contributed by atoms with Crippen molar-refractivity contribution < 1.29 is 14.7 Å². The fourth-order valence-electron chi connectivity index (χ4n) is 2.11. The number of carboxylic acid groups (broad SMARTS) is 1. The van der Waals surface area contributed by atoms with Crippen LogP contribution in [0.1, 0.15) is 38.7 Å². The molecule has 5 heteroatoms. The molecule has 2 atom stereocenters. The zero-order valence-electron chi connectivity index (χ0n) is 12.3. The van der Waals surface area contributed by atoms with Crippen molar-refractivity contribution in [2.75, 3.05) is 0 Å². The van der Waals surface area contributed by atoms with Crippen LogP contribution in [-0.4, -0.2) is 23.0 Å². The van der Waals surface area contributed by atoms with E-state index in [1.54, 1.807) is 30.3 Å². The molecule has 2 N–H and O–H groups in total. The smallest absolute Gasteiger partial charge is 0.314 e. The number of carbonyl (C=O) groups is 2. The van der Waals surface area contributed by atoms with Crippen LogP contribution in [0.3, 0.4) is 0 Å². The fourth-order valence-corrected chi connectivity index (χ4v) is 2.11. The molecule has 0 spiro atoms. The highest BCUT2D eigenvalue weighted by molar-refractivity contribution is 5.89. The third-order valence-electron chi connectivity index (χ3n) is 3.59. The Hall–Kier alpha value is -2.35. The third kappa shape index (κ3) is 4.32. The Morgan fingerprint density at radius 1 is 1.38 bits per heavy atom. The van der Waals surface area contributed by atoms with E-state index in [0.717, 1.165) is 0 Å². The quantitative estimate of drug-likeness (QED) is 0.805. The van der Waals surface area contributed by atoms with Gasteiger partial charge in [-0.25, -0.2) is 0 Å². The number of carboxylic acids is 1. The van der Waals surface area contributed by atoms with Gasteiger partial charge in [0.25, 0.3) is 0 Å². The molecule has 5 nitrogen and oxygen atoms in total. The van der Waals surface area contributed by atoms with Gasteiger partial charge in [-0.2, -0.15) is 5.26 Å². The molecule has 0 aliphatic carbocycles. The van der Waals surface area contributed by atoms with Crippen LogP contribution in [0.25, 0.3) is 0 Å². The Balaban J connectivity index is 2.87. The SMILES string of the molecule is CCC(CC#N)NC(=O)CC(C)(C(=O)O)c1ccccc1. The van der Waals surface area contributed by atoms with Crippen LogP contribution in [0.5, 0.6) is 0 Å². The van der Waals surface area contributed by atoms with E-state index in [1.165, 1.54) is 6.92 Å². The highest BCUT2D eigenvalue weighted by Crippen LogP contribution is 2.28. The largest absolute Gasteiger partial charge is 0.481 e. The van der Waals surface area contributed by atoms with Gasteiger partial charge in [0.15, 0.2) is 0 Å². The molecule has 1 rings (SSSR count). The van der Waals surface area contributed by atoms with E-state index >= 15 is 0 Å². The minimum atomic E-state index is -1.28. The standard InChI is InChI=1S/C16H20N2O3/c1-3-13(9-10-17)18-14(19)11-16(2,15(20)21)12-7-5-4-6-8-12/h4-8,13H,3,9,11H2,1-2H3,(H,18,19)(H,20,21). The summed E-state index contributed by atoms with van der Waals surface area (Å²) in [7, 11) is 0. The van der Waals surface area contributed by atoms with Gasteiger partial charge in [0.05, 0.1) is 17.9 Å². The zero-order valence-corrected chi connectivity index (χ0v) is 12.3. The first-order valence-electron chi connectivity index (χ1n) is 6.89. The lowest BCUT2D eigenvalue weighted by Crippen LogP contribution is -2.42. The first-order chi connectivity index (χ1) is 9.93. The van der Waals surface area contributed by atoms with Gasteiger partial charge in [-0.05, 0) is 18.9 Å². The van der Waals surface area contributed by atoms with Gasteiger partial charge in [-0.3, -0.25) is 9.59 Å². The molecule has 0 aliphatic heterocycles. The average Bonchev–Trinajstić information content (AvgIpc) is 2.47. The first-order valence-corrected chi connectivity index (χ1v) is 6.89. The van der Waals surface area contributed by atoms with Crippen LogP contribution < -0.4 is 5.32 Å². The van der Waals surface area contributed by atoms with Gasteiger partial charge in [-0.15, -0.1) is 0 Å². The van der Waals surface area contributed by atoms with Crippen LogP contribution >= 0.6 is 0 Å². The summed E-state index contributed by atoms with van der Waals surface area (Å²) in [5.41, 5.74) is -0.697. The molecule has 0 aromatic heterocycles. The maximum atomic E-state index is 12.1. The van der Waals surface area contributed by atoms with Crippen molar-refractivity contribution in [3.8, 4) is 6.07 Å². The Kier molecular flexibility index (Phi) is 5.92. The van der Waals surface area contributed by atoms with Gasteiger partial charge >= 0.3 is 5.97 Å². The number of carbonyl (C=O) groups excluding carboxylic acids is 1. The van der Waals surface area contributed by atoms with Crippen molar-refractivity contribution in [3.63, 3.8) is 0 Å². The molecule has 21 heavy (non-hydrogen) atoms. The second-order valence-electron chi connectivity index (χ2n) is 5.21. The molecule has 0 radical (unpaired) electrons. The molecular formula is C16H20N2O3.